The van der Waals surface area contributed by atoms with E-state index in [0.717, 1.165) is 24.1 Å². The fourth-order valence-electron chi connectivity index (χ4n) is 3.46. The van der Waals surface area contributed by atoms with E-state index in [2.05, 4.69) is 26.8 Å². The van der Waals surface area contributed by atoms with Gasteiger partial charge in [0.2, 0.25) is 5.91 Å². The van der Waals surface area contributed by atoms with Gasteiger partial charge in [0.25, 0.3) is 5.91 Å². The van der Waals surface area contributed by atoms with Gasteiger partial charge in [0.05, 0.1) is 11.7 Å². The largest absolute Gasteiger partial charge is 0.346 e. The molecule has 2 aromatic heterocycles. The van der Waals surface area contributed by atoms with Gasteiger partial charge in [-0.25, -0.2) is 9.67 Å². The molecule has 2 N–H and O–H groups in total. The Balaban J connectivity index is 1.30. The number of carbonyl (C=O) groups excluding carboxylic acids is 2. The predicted molar refractivity (Wildman–Crippen MR) is 130 cm³/mol. The minimum Gasteiger partial charge on any atom is -0.346 e. The zero-order chi connectivity index (χ0) is 23.0. The molecule has 0 bridgehead atoms. The molecule has 0 aliphatic rings. The summed E-state index contributed by atoms with van der Waals surface area (Å²) in [5, 5.41) is 12.1. The van der Waals surface area contributed by atoms with Crippen LogP contribution >= 0.6 is 11.3 Å². The standard InChI is InChI=1S/C25H25N5O2S/c1-18(19-10-12-22(13-11-19)30-17-26-16-27-30)28-25(32)20-5-2-6-21(15-20)29-24(31)9-3-7-23-8-4-14-33-23/h2,4-6,8,10-18H,3,7,9H2,1H3,(H,28,32)(H,29,31). The number of anilines is 1. The SMILES string of the molecule is CC(NC(=O)c1cccc(NC(=O)CCCc2cccs2)c1)c1ccc(-n2cncn2)cc1. The Labute approximate surface area is 196 Å². The molecule has 0 aliphatic heterocycles. The third-order valence-electron chi connectivity index (χ3n) is 5.24. The first-order valence-electron chi connectivity index (χ1n) is 10.8. The average molecular weight is 460 g/mol. The maximum Gasteiger partial charge on any atom is 0.251 e. The molecule has 0 radical (unpaired) electrons. The second-order valence-corrected chi connectivity index (χ2v) is 8.72. The number of benzene rings is 2. The van der Waals surface area contributed by atoms with Crippen molar-refractivity contribution in [2.24, 2.45) is 0 Å². The maximum atomic E-state index is 12.8. The lowest BCUT2D eigenvalue weighted by Crippen LogP contribution is -2.26. The quantitative estimate of drug-likeness (QED) is 0.377. The summed E-state index contributed by atoms with van der Waals surface area (Å²) in [6.45, 7) is 1.93. The van der Waals surface area contributed by atoms with Crippen LogP contribution in [-0.4, -0.2) is 26.6 Å². The molecule has 2 heterocycles. The minimum atomic E-state index is -0.198. The topological polar surface area (TPSA) is 88.9 Å². The number of rotatable bonds is 9. The molecule has 2 amide bonds. The molecule has 0 spiro atoms. The lowest BCUT2D eigenvalue weighted by Gasteiger charge is -2.15. The summed E-state index contributed by atoms with van der Waals surface area (Å²) in [6.07, 6.45) is 5.25. The van der Waals surface area contributed by atoms with E-state index < -0.39 is 0 Å². The van der Waals surface area contributed by atoms with Crippen molar-refractivity contribution in [3.05, 3.63) is 94.7 Å². The molecule has 7 nitrogen and oxygen atoms in total. The van der Waals surface area contributed by atoms with Crippen molar-refractivity contribution in [2.75, 3.05) is 5.32 Å². The Morgan fingerprint density at radius 2 is 1.94 bits per heavy atom. The Morgan fingerprint density at radius 1 is 1.09 bits per heavy atom. The van der Waals surface area contributed by atoms with Gasteiger partial charge < -0.3 is 10.6 Å². The first-order valence-corrected chi connectivity index (χ1v) is 11.6. The highest BCUT2D eigenvalue weighted by Gasteiger charge is 2.13. The zero-order valence-corrected chi connectivity index (χ0v) is 19.1. The van der Waals surface area contributed by atoms with Crippen molar-refractivity contribution in [1.29, 1.82) is 0 Å². The number of nitrogens with one attached hydrogen (secondary N) is 2. The van der Waals surface area contributed by atoms with Gasteiger partial charge in [-0.1, -0.05) is 24.3 Å². The van der Waals surface area contributed by atoms with E-state index in [1.54, 1.807) is 46.6 Å². The Bertz CT molecular complexity index is 1190. The molecular weight excluding hydrogens is 434 g/mol. The van der Waals surface area contributed by atoms with Crippen LogP contribution in [-0.2, 0) is 11.2 Å². The number of amides is 2. The number of hydrogen-bond acceptors (Lipinski definition) is 5. The van der Waals surface area contributed by atoms with Gasteiger partial charge in [0.1, 0.15) is 12.7 Å². The monoisotopic (exact) mass is 459 g/mol. The highest BCUT2D eigenvalue weighted by Crippen LogP contribution is 2.18. The molecule has 1 atom stereocenters. The molecule has 0 saturated carbocycles. The first-order chi connectivity index (χ1) is 16.1. The molecule has 4 aromatic rings. The number of carbonyl (C=O) groups is 2. The number of nitrogens with zero attached hydrogens (tertiary/aromatic N) is 3. The Hall–Kier alpha value is -3.78. The van der Waals surface area contributed by atoms with Crippen LogP contribution in [0, 0.1) is 0 Å². The number of aromatic nitrogens is 3. The van der Waals surface area contributed by atoms with E-state index in [1.165, 1.54) is 11.2 Å². The summed E-state index contributed by atoms with van der Waals surface area (Å²) < 4.78 is 1.68. The molecule has 0 fully saturated rings. The molecule has 4 rings (SSSR count). The van der Waals surface area contributed by atoms with Gasteiger partial charge in [0, 0.05) is 22.5 Å². The summed E-state index contributed by atoms with van der Waals surface area (Å²) in [5.74, 6) is -0.249. The van der Waals surface area contributed by atoms with Gasteiger partial charge in [0.15, 0.2) is 0 Å². The highest BCUT2D eigenvalue weighted by atomic mass is 32.1. The molecule has 0 aliphatic carbocycles. The van der Waals surface area contributed by atoms with Crippen molar-refractivity contribution < 1.29 is 9.59 Å². The van der Waals surface area contributed by atoms with E-state index in [1.807, 2.05) is 42.6 Å². The van der Waals surface area contributed by atoms with Crippen LogP contribution in [0.15, 0.2) is 78.7 Å². The van der Waals surface area contributed by atoms with Gasteiger partial charge in [-0.3, -0.25) is 9.59 Å². The van der Waals surface area contributed by atoms with Crippen LogP contribution < -0.4 is 10.6 Å². The first kappa shape index (κ1) is 22.4. The van der Waals surface area contributed by atoms with E-state index >= 15 is 0 Å². The Kier molecular flexibility index (Phi) is 7.26. The van der Waals surface area contributed by atoms with E-state index in [-0.39, 0.29) is 17.9 Å². The number of aryl methyl sites for hydroxylation is 1. The van der Waals surface area contributed by atoms with Crippen LogP contribution in [0.2, 0.25) is 0 Å². The van der Waals surface area contributed by atoms with E-state index in [4.69, 9.17) is 0 Å². The number of thiophene rings is 1. The molecule has 1 unspecified atom stereocenters. The molecule has 0 saturated heterocycles. The highest BCUT2D eigenvalue weighted by molar-refractivity contribution is 7.09. The molecule has 8 heteroatoms. The summed E-state index contributed by atoms with van der Waals surface area (Å²) in [6, 6.07) is 18.7. The Morgan fingerprint density at radius 3 is 2.67 bits per heavy atom. The molecule has 168 valence electrons. The van der Waals surface area contributed by atoms with Crippen molar-refractivity contribution >= 4 is 28.8 Å². The zero-order valence-electron chi connectivity index (χ0n) is 18.3. The van der Waals surface area contributed by atoms with E-state index in [9.17, 15) is 9.59 Å². The summed E-state index contributed by atoms with van der Waals surface area (Å²) in [4.78, 5) is 30.3. The third-order valence-corrected chi connectivity index (χ3v) is 6.18. The normalized spacial score (nSPS) is 11.7. The van der Waals surface area contributed by atoms with Gasteiger partial charge in [-0.2, -0.15) is 5.10 Å². The summed E-state index contributed by atoms with van der Waals surface area (Å²) >= 11 is 1.70. The fraction of sp³-hybridized carbons (Fsp3) is 0.200. The van der Waals surface area contributed by atoms with Crippen LogP contribution in [0.4, 0.5) is 5.69 Å². The predicted octanol–water partition coefficient (Wildman–Crippen LogP) is 4.78. The van der Waals surface area contributed by atoms with Crippen LogP contribution in [0.25, 0.3) is 5.69 Å². The second-order valence-electron chi connectivity index (χ2n) is 7.69. The van der Waals surface area contributed by atoms with Crippen LogP contribution in [0.5, 0.6) is 0 Å². The van der Waals surface area contributed by atoms with Crippen molar-refractivity contribution in [1.82, 2.24) is 20.1 Å². The average Bonchev–Trinajstić information content (AvgIpc) is 3.54. The van der Waals surface area contributed by atoms with Crippen molar-refractivity contribution in [3.63, 3.8) is 0 Å². The lowest BCUT2D eigenvalue weighted by molar-refractivity contribution is -0.116. The van der Waals surface area contributed by atoms with Gasteiger partial charge >= 0.3 is 0 Å². The van der Waals surface area contributed by atoms with Crippen LogP contribution in [0.3, 0.4) is 0 Å². The van der Waals surface area contributed by atoms with Gasteiger partial charge in [-0.15, -0.1) is 11.3 Å². The molecule has 33 heavy (non-hydrogen) atoms. The molecule has 2 aromatic carbocycles. The van der Waals surface area contributed by atoms with Crippen molar-refractivity contribution in [2.45, 2.75) is 32.2 Å². The smallest absolute Gasteiger partial charge is 0.251 e. The maximum absolute atomic E-state index is 12.8. The molecular formula is C25H25N5O2S. The van der Waals surface area contributed by atoms with E-state index in [0.29, 0.717) is 17.7 Å². The minimum absolute atomic E-state index is 0.0510. The summed E-state index contributed by atoms with van der Waals surface area (Å²) in [7, 11) is 0. The lowest BCUT2D eigenvalue weighted by atomic mass is 10.1. The fourth-order valence-corrected chi connectivity index (χ4v) is 4.21. The van der Waals surface area contributed by atoms with Gasteiger partial charge in [-0.05, 0) is 67.1 Å². The second kappa shape index (κ2) is 10.7. The summed E-state index contributed by atoms with van der Waals surface area (Å²) in [5.41, 5.74) is 2.99. The third kappa shape index (κ3) is 6.14. The van der Waals surface area contributed by atoms with Crippen LogP contribution in [0.1, 0.15) is 46.6 Å². The number of hydrogen-bond donors (Lipinski definition) is 2. The van der Waals surface area contributed by atoms with Crippen molar-refractivity contribution in [3.8, 4) is 5.69 Å².